The van der Waals surface area contributed by atoms with Gasteiger partial charge >= 0.3 is 0 Å². The van der Waals surface area contributed by atoms with E-state index >= 15 is 0 Å². The molecule has 9 rings (SSSR count). The molecular formula is C33H36N6. The minimum atomic E-state index is 0.373. The van der Waals surface area contributed by atoms with Gasteiger partial charge in [0.15, 0.2) is 0 Å². The van der Waals surface area contributed by atoms with E-state index in [1.165, 1.54) is 84.7 Å². The molecule has 2 saturated heterocycles. The average Bonchev–Trinajstić information content (AvgIpc) is 3.77. The largest absolute Gasteiger partial charge is 0.341 e. The van der Waals surface area contributed by atoms with Crippen LogP contribution in [-0.2, 0) is 6.42 Å². The smallest absolute Gasteiger partial charge is 0.123 e. The van der Waals surface area contributed by atoms with Gasteiger partial charge in [0.25, 0.3) is 0 Å². The third kappa shape index (κ3) is 3.68. The number of rotatable bonds is 4. The second kappa shape index (κ2) is 8.64. The second-order valence-corrected chi connectivity index (χ2v) is 12.8. The van der Waals surface area contributed by atoms with Crippen molar-refractivity contribution in [3.63, 3.8) is 0 Å². The molecule has 2 aromatic carbocycles. The monoisotopic (exact) mass is 516 g/mol. The number of hydrogen-bond acceptors (Lipinski definition) is 4. The minimum Gasteiger partial charge on any atom is -0.341 e. The molecule has 4 N–H and O–H groups in total. The van der Waals surface area contributed by atoms with E-state index in [4.69, 9.17) is 9.97 Å². The first-order valence-corrected chi connectivity index (χ1v) is 15.1. The van der Waals surface area contributed by atoms with E-state index < -0.39 is 0 Å². The van der Waals surface area contributed by atoms with Gasteiger partial charge in [-0.2, -0.15) is 0 Å². The number of aromatic amines is 2. The number of H-pyrrole nitrogens is 2. The Kier molecular flexibility index (Phi) is 5.00. The van der Waals surface area contributed by atoms with Gasteiger partial charge in [-0.25, -0.2) is 9.97 Å². The average molecular weight is 517 g/mol. The van der Waals surface area contributed by atoms with Gasteiger partial charge in [-0.05, 0) is 102 Å². The van der Waals surface area contributed by atoms with Crippen molar-refractivity contribution in [2.24, 2.45) is 11.8 Å². The Balaban J connectivity index is 0.936. The molecule has 4 heterocycles. The lowest BCUT2D eigenvalue weighted by Crippen LogP contribution is -2.24. The van der Waals surface area contributed by atoms with Crippen LogP contribution in [0.4, 0.5) is 0 Å². The van der Waals surface area contributed by atoms with Crippen molar-refractivity contribution in [2.45, 2.75) is 82.0 Å². The van der Waals surface area contributed by atoms with Gasteiger partial charge < -0.3 is 20.6 Å². The molecule has 39 heavy (non-hydrogen) atoms. The first-order valence-electron chi connectivity index (χ1n) is 15.1. The first kappa shape index (κ1) is 22.6. The molecule has 2 saturated carbocycles. The summed E-state index contributed by atoms with van der Waals surface area (Å²) in [5.41, 5.74) is 10.2. The number of benzene rings is 2. The van der Waals surface area contributed by atoms with E-state index in [-0.39, 0.29) is 0 Å². The Morgan fingerprint density at radius 1 is 0.615 bits per heavy atom. The van der Waals surface area contributed by atoms with Gasteiger partial charge in [0, 0.05) is 12.1 Å². The Morgan fingerprint density at radius 3 is 1.62 bits per heavy atom. The fourth-order valence-electron chi connectivity index (χ4n) is 8.58. The summed E-state index contributed by atoms with van der Waals surface area (Å²) in [7, 11) is 0. The maximum atomic E-state index is 4.79. The van der Waals surface area contributed by atoms with Crippen LogP contribution >= 0.6 is 0 Å². The minimum absolute atomic E-state index is 0.373. The SMILES string of the molecule is c1cc2c(cc1-c1cnc([C@@H]3C[C@@H]4CCC[C@@H]4N3)[nH]1)Cc1cc(-c3cnc([C@@H]4C[C@@H]5CCC[C@@H]5N4)[nH]3)ccc1-2. The summed E-state index contributed by atoms with van der Waals surface area (Å²) in [4.78, 5) is 16.9. The van der Waals surface area contributed by atoms with E-state index in [1.54, 1.807) is 0 Å². The summed E-state index contributed by atoms with van der Waals surface area (Å²) in [5.74, 6) is 3.87. The molecule has 4 aromatic rings. The van der Waals surface area contributed by atoms with Crippen molar-refractivity contribution in [3.05, 3.63) is 71.6 Å². The van der Waals surface area contributed by atoms with Crippen LogP contribution in [0.1, 0.15) is 86.2 Å². The van der Waals surface area contributed by atoms with Crippen LogP contribution in [0.25, 0.3) is 33.6 Å². The molecular weight excluding hydrogens is 480 g/mol. The van der Waals surface area contributed by atoms with Gasteiger partial charge in [-0.1, -0.05) is 37.1 Å². The number of fused-ring (bicyclic) bond motifs is 5. The zero-order valence-electron chi connectivity index (χ0n) is 22.3. The van der Waals surface area contributed by atoms with Crippen molar-refractivity contribution in [1.29, 1.82) is 0 Å². The van der Waals surface area contributed by atoms with Gasteiger partial charge in [0.2, 0.25) is 0 Å². The molecule has 198 valence electrons. The summed E-state index contributed by atoms with van der Waals surface area (Å²) >= 11 is 0. The molecule has 0 amide bonds. The van der Waals surface area contributed by atoms with E-state index in [0.717, 1.165) is 41.3 Å². The molecule has 6 nitrogen and oxygen atoms in total. The molecule has 6 heteroatoms. The van der Waals surface area contributed by atoms with E-state index in [9.17, 15) is 0 Å². The maximum absolute atomic E-state index is 4.79. The van der Waals surface area contributed by atoms with Crippen molar-refractivity contribution >= 4 is 0 Å². The summed E-state index contributed by atoms with van der Waals surface area (Å²) in [6.45, 7) is 0. The molecule has 0 bridgehead atoms. The highest BCUT2D eigenvalue weighted by Gasteiger charge is 2.39. The number of aromatic nitrogens is 4. The fraction of sp³-hybridized carbons (Fsp3) is 0.455. The predicted octanol–water partition coefficient (Wildman–Crippen LogP) is 6.44. The maximum Gasteiger partial charge on any atom is 0.123 e. The summed E-state index contributed by atoms with van der Waals surface area (Å²) in [5, 5.41) is 7.66. The molecule has 0 spiro atoms. The Morgan fingerprint density at radius 2 is 1.13 bits per heavy atom. The normalized spacial score (nSPS) is 30.5. The van der Waals surface area contributed by atoms with Crippen molar-refractivity contribution in [2.75, 3.05) is 0 Å². The molecule has 2 aromatic heterocycles. The predicted molar refractivity (Wildman–Crippen MR) is 153 cm³/mol. The quantitative estimate of drug-likeness (QED) is 0.221. The number of nitrogens with zero attached hydrogens (tertiary/aromatic N) is 2. The Hall–Kier alpha value is -3.22. The highest BCUT2D eigenvalue weighted by atomic mass is 15.1. The van der Waals surface area contributed by atoms with Crippen molar-refractivity contribution in [3.8, 4) is 33.6 Å². The standard InChI is InChI=1S/C33H36N6/c1-3-18-14-28(36-26(18)5-1)32-34-16-30(38-32)20-7-9-24-22(11-20)13-23-12-21(8-10-25(23)24)31-17-35-33(39-31)29-15-19-4-2-6-27(19)37-29/h7-12,16-19,26-29,36-37H,1-6,13-15H2,(H,34,38)(H,35,39)/t18-,19-,26-,27-,28-,29-/m0/s1. The molecule has 6 atom stereocenters. The lowest BCUT2D eigenvalue weighted by Gasteiger charge is -2.10. The highest BCUT2D eigenvalue weighted by Crippen LogP contribution is 2.43. The molecule has 2 aliphatic heterocycles. The third-order valence-corrected chi connectivity index (χ3v) is 10.6. The van der Waals surface area contributed by atoms with Crippen LogP contribution in [0, 0.1) is 11.8 Å². The van der Waals surface area contributed by atoms with Crippen LogP contribution in [0.3, 0.4) is 0 Å². The molecule has 3 aliphatic carbocycles. The van der Waals surface area contributed by atoms with Crippen LogP contribution < -0.4 is 10.6 Å². The van der Waals surface area contributed by atoms with E-state index in [1.807, 2.05) is 12.4 Å². The second-order valence-electron chi connectivity index (χ2n) is 12.8. The summed E-state index contributed by atoms with van der Waals surface area (Å²) in [6.07, 6.45) is 15.6. The van der Waals surface area contributed by atoms with E-state index in [0.29, 0.717) is 24.2 Å². The summed E-state index contributed by atoms with van der Waals surface area (Å²) in [6, 6.07) is 16.0. The zero-order chi connectivity index (χ0) is 25.5. The van der Waals surface area contributed by atoms with Crippen LogP contribution in [0.2, 0.25) is 0 Å². The van der Waals surface area contributed by atoms with Gasteiger partial charge in [0.05, 0.1) is 35.9 Å². The topological polar surface area (TPSA) is 81.4 Å². The Bertz CT molecular complexity index is 1420. The van der Waals surface area contributed by atoms with E-state index in [2.05, 4.69) is 57.0 Å². The van der Waals surface area contributed by atoms with Crippen LogP contribution in [-0.4, -0.2) is 32.0 Å². The Labute approximate surface area is 229 Å². The molecule has 0 radical (unpaired) electrons. The molecule has 4 fully saturated rings. The number of nitrogens with one attached hydrogen (secondary N) is 4. The molecule has 5 aliphatic rings. The lowest BCUT2D eigenvalue weighted by molar-refractivity contribution is 0.516. The summed E-state index contributed by atoms with van der Waals surface area (Å²) < 4.78 is 0. The van der Waals surface area contributed by atoms with Crippen LogP contribution in [0.5, 0.6) is 0 Å². The van der Waals surface area contributed by atoms with Crippen molar-refractivity contribution in [1.82, 2.24) is 30.6 Å². The van der Waals surface area contributed by atoms with Gasteiger partial charge in [-0.15, -0.1) is 0 Å². The third-order valence-electron chi connectivity index (χ3n) is 10.6. The fourth-order valence-corrected chi connectivity index (χ4v) is 8.58. The van der Waals surface area contributed by atoms with Gasteiger partial charge in [0.1, 0.15) is 11.6 Å². The lowest BCUT2D eigenvalue weighted by atomic mass is 10.0. The molecule has 0 unspecified atom stereocenters. The number of hydrogen-bond donors (Lipinski definition) is 4. The highest BCUT2D eigenvalue weighted by molar-refractivity contribution is 5.81. The zero-order valence-corrected chi connectivity index (χ0v) is 22.3. The van der Waals surface area contributed by atoms with Crippen molar-refractivity contribution < 1.29 is 0 Å². The first-order chi connectivity index (χ1) is 19.2. The van der Waals surface area contributed by atoms with Gasteiger partial charge in [-0.3, -0.25) is 0 Å². The van der Waals surface area contributed by atoms with Crippen LogP contribution in [0.15, 0.2) is 48.8 Å². The number of imidazole rings is 2.